The predicted molar refractivity (Wildman–Crippen MR) is 69.3 cm³/mol. The van der Waals surface area contributed by atoms with Crippen molar-refractivity contribution in [3.63, 3.8) is 0 Å². The molecular formula is C14H13F4NO4. The van der Waals surface area contributed by atoms with Gasteiger partial charge in [0.05, 0.1) is 5.92 Å². The number of hydrogen-bond donors (Lipinski definition) is 1. The van der Waals surface area contributed by atoms with E-state index in [0.717, 1.165) is 23.1 Å². The molecule has 1 N–H and O–H groups in total. The molecule has 1 heterocycles. The van der Waals surface area contributed by atoms with Gasteiger partial charge in [-0.25, -0.2) is 4.39 Å². The van der Waals surface area contributed by atoms with Crippen molar-refractivity contribution in [2.24, 2.45) is 5.92 Å². The second kappa shape index (κ2) is 6.43. The number of amides is 1. The number of carboxylic acid groups (broad SMARTS) is 1. The van der Waals surface area contributed by atoms with Gasteiger partial charge in [-0.15, -0.1) is 13.2 Å². The fourth-order valence-corrected chi connectivity index (χ4v) is 2.41. The Balaban J connectivity index is 2.21. The van der Waals surface area contributed by atoms with Crippen LogP contribution in [-0.2, 0) is 4.79 Å². The second-order valence-electron chi connectivity index (χ2n) is 5.07. The first-order valence-corrected chi connectivity index (χ1v) is 6.75. The first-order chi connectivity index (χ1) is 10.7. The summed E-state index contributed by atoms with van der Waals surface area (Å²) in [5.41, 5.74) is -0.807. The van der Waals surface area contributed by atoms with Crippen molar-refractivity contribution in [2.75, 3.05) is 13.1 Å². The third-order valence-electron chi connectivity index (χ3n) is 3.55. The van der Waals surface area contributed by atoms with E-state index in [1.807, 2.05) is 0 Å². The van der Waals surface area contributed by atoms with Gasteiger partial charge in [0.1, 0.15) is 17.1 Å². The number of alkyl halides is 3. The summed E-state index contributed by atoms with van der Waals surface area (Å²) in [6, 6.07) is 2.72. The molecule has 0 radical (unpaired) electrons. The van der Waals surface area contributed by atoms with Crippen LogP contribution in [0.5, 0.6) is 5.75 Å². The van der Waals surface area contributed by atoms with Gasteiger partial charge in [-0.05, 0) is 25.0 Å². The van der Waals surface area contributed by atoms with Crippen LogP contribution < -0.4 is 4.74 Å². The lowest BCUT2D eigenvalue weighted by Crippen LogP contribution is -2.40. The third-order valence-corrected chi connectivity index (χ3v) is 3.55. The summed E-state index contributed by atoms with van der Waals surface area (Å²) in [5.74, 6) is -4.61. The minimum atomic E-state index is -5.06. The SMILES string of the molecule is O=C(O)C1CCN(C(=O)c2c(F)cccc2OC(F)(F)F)CC1. The van der Waals surface area contributed by atoms with Crippen molar-refractivity contribution in [2.45, 2.75) is 19.2 Å². The molecule has 5 nitrogen and oxygen atoms in total. The monoisotopic (exact) mass is 335 g/mol. The fraction of sp³-hybridized carbons (Fsp3) is 0.429. The predicted octanol–water partition coefficient (Wildman–Crippen LogP) is 2.66. The molecule has 1 aliphatic rings. The summed E-state index contributed by atoms with van der Waals surface area (Å²) in [6.07, 6.45) is -4.74. The van der Waals surface area contributed by atoms with Crippen LogP contribution in [0.4, 0.5) is 17.6 Å². The van der Waals surface area contributed by atoms with E-state index in [2.05, 4.69) is 4.74 Å². The molecule has 0 bridgehead atoms. The Morgan fingerprint density at radius 2 is 1.83 bits per heavy atom. The van der Waals surface area contributed by atoms with Crippen molar-refractivity contribution >= 4 is 11.9 Å². The van der Waals surface area contributed by atoms with Gasteiger partial charge in [0.2, 0.25) is 0 Å². The number of nitrogens with zero attached hydrogens (tertiary/aromatic N) is 1. The van der Waals surface area contributed by atoms with Crippen LogP contribution in [0.15, 0.2) is 18.2 Å². The third kappa shape index (κ3) is 4.11. The molecule has 23 heavy (non-hydrogen) atoms. The summed E-state index contributed by atoms with van der Waals surface area (Å²) in [5, 5.41) is 8.89. The first-order valence-electron chi connectivity index (χ1n) is 6.75. The zero-order chi connectivity index (χ0) is 17.2. The Labute approximate surface area is 128 Å². The summed E-state index contributed by atoms with van der Waals surface area (Å²) < 4.78 is 54.6. The summed E-state index contributed by atoms with van der Waals surface area (Å²) in [6.45, 7) is 0.0468. The van der Waals surface area contributed by atoms with Crippen molar-refractivity contribution in [3.8, 4) is 5.75 Å². The Kier molecular flexibility index (Phi) is 4.76. The molecule has 1 amide bonds. The number of likely N-dealkylation sites (tertiary alicyclic amines) is 1. The van der Waals surface area contributed by atoms with Gasteiger partial charge in [0, 0.05) is 13.1 Å². The number of aliphatic carboxylic acids is 1. The van der Waals surface area contributed by atoms with Crippen LogP contribution in [0, 0.1) is 11.7 Å². The summed E-state index contributed by atoms with van der Waals surface area (Å²) >= 11 is 0. The number of halogens is 4. The van der Waals surface area contributed by atoms with Crippen LogP contribution in [0.25, 0.3) is 0 Å². The molecule has 0 saturated carbocycles. The zero-order valence-electron chi connectivity index (χ0n) is 11.8. The number of hydrogen-bond acceptors (Lipinski definition) is 3. The highest BCUT2D eigenvalue weighted by molar-refractivity contribution is 5.97. The number of carboxylic acids is 1. The highest BCUT2D eigenvalue weighted by Gasteiger charge is 2.35. The largest absolute Gasteiger partial charge is 0.573 e. The number of carbonyl (C=O) groups excluding carboxylic acids is 1. The van der Waals surface area contributed by atoms with Crippen LogP contribution in [0.1, 0.15) is 23.2 Å². The number of piperidine rings is 1. The zero-order valence-corrected chi connectivity index (χ0v) is 11.8. The van der Waals surface area contributed by atoms with Gasteiger partial charge < -0.3 is 14.7 Å². The molecule has 1 aromatic carbocycles. The van der Waals surface area contributed by atoms with Gasteiger partial charge >= 0.3 is 12.3 Å². The lowest BCUT2D eigenvalue weighted by molar-refractivity contribution is -0.274. The van der Waals surface area contributed by atoms with E-state index in [0.29, 0.717) is 0 Å². The van der Waals surface area contributed by atoms with Crippen LogP contribution in [-0.4, -0.2) is 41.3 Å². The lowest BCUT2D eigenvalue weighted by atomic mass is 9.96. The quantitative estimate of drug-likeness (QED) is 0.863. The van der Waals surface area contributed by atoms with Crippen molar-refractivity contribution < 1.29 is 37.0 Å². The Hall–Kier alpha value is -2.32. The molecule has 126 valence electrons. The van der Waals surface area contributed by atoms with Crippen molar-refractivity contribution in [3.05, 3.63) is 29.6 Å². The Morgan fingerprint density at radius 3 is 2.35 bits per heavy atom. The van der Waals surface area contributed by atoms with E-state index in [4.69, 9.17) is 5.11 Å². The number of rotatable bonds is 3. The lowest BCUT2D eigenvalue weighted by Gasteiger charge is -2.30. The van der Waals surface area contributed by atoms with Crippen molar-refractivity contribution in [1.29, 1.82) is 0 Å². The van der Waals surface area contributed by atoms with E-state index in [9.17, 15) is 27.2 Å². The molecule has 1 aromatic rings. The molecule has 0 aromatic heterocycles. The van der Waals surface area contributed by atoms with E-state index < -0.39 is 41.3 Å². The second-order valence-corrected chi connectivity index (χ2v) is 5.07. The maximum Gasteiger partial charge on any atom is 0.573 e. The summed E-state index contributed by atoms with van der Waals surface area (Å²) in [4.78, 5) is 24.3. The average molecular weight is 335 g/mol. The topological polar surface area (TPSA) is 66.8 Å². The maximum atomic E-state index is 13.8. The van der Waals surface area contributed by atoms with Crippen LogP contribution in [0.3, 0.4) is 0 Å². The molecule has 1 saturated heterocycles. The highest BCUT2D eigenvalue weighted by Crippen LogP contribution is 2.30. The average Bonchev–Trinajstić information content (AvgIpc) is 2.45. The van der Waals surface area contributed by atoms with Gasteiger partial charge in [0.15, 0.2) is 0 Å². The summed E-state index contributed by atoms with van der Waals surface area (Å²) in [7, 11) is 0. The van der Waals surface area contributed by atoms with E-state index >= 15 is 0 Å². The smallest absolute Gasteiger partial charge is 0.481 e. The molecule has 0 atom stereocenters. The number of carbonyl (C=O) groups is 2. The van der Waals surface area contributed by atoms with E-state index in [1.54, 1.807) is 0 Å². The number of ether oxygens (including phenoxy) is 1. The molecule has 1 fully saturated rings. The molecule has 9 heteroatoms. The van der Waals surface area contributed by atoms with Gasteiger partial charge in [-0.1, -0.05) is 6.07 Å². The highest BCUT2D eigenvalue weighted by atomic mass is 19.4. The van der Waals surface area contributed by atoms with Gasteiger partial charge in [-0.3, -0.25) is 9.59 Å². The van der Waals surface area contributed by atoms with Crippen molar-refractivity contribution in [1.82, 2.24) is 4.90 Å². The molecule has 2 rings (SSSR count). The fourth-order valence-electron chi connectivity index (χ4n) is 2.41. The van der Waals surface area contributed by atoms with E-state index in [-0.39, 0.29) is 25.9 Å². The number of benzene rings is 1. The maximum absolute atomic E-state index is 13.8. The van der Waals surface area contributed by atoms with Gasteiger partial charge in [0.25, 0.3) is 5.91 Å². The van der Waals surface area contributed by atoms with Crippen LogP contribution in [0.2, 0.25) is 0 Å². The van der Waals surface area contributed by atoms with Gasteiger partial charge in [-0.2, -0.15) is 0 Å². The first kappa shape index (κ1) is 17.0. The minimum absolute atomic E-state index is 0.0234. The Morgan fingerprint density at radius 1 is 1.22 bits per heavy atom. The van der Waals surface area contributed by atoms with E-state index in [1.165, 1.54) is 0 Å². The minimum Gasteiger partial charge on any atom is -0.481 e. The molecule has 0 unspecified atom stereocenters. The molecule has 0 spiro atoms. The Bertz CT molecular complexity index is 609. The standard InChI is InChI=1S/C14H13F4NO4/c15-9-2-1-3-10(23-14(16,17)18)11(9)12(20)19-6-4-8(5-7-19)13(21)22/h1-3,8H,4-7H2,(H,21,22). The molecule has 0 aliphatic carbocycles. The molecular weight excluding hydrogens is 322 g/mol. The van der Waals surface area contributed by atoms with Crippen LogP contribution >= 0.6 is 0 Å². The molecule has 1 aliphatic heterocycles. The normalized spacial score (nSPS) is 16.3.